The third-order valence-corrected chi connectivity index (χ3v) is 5.53. The molecule has 1 aliphatic heterocycles. The van der Waals surface area contributed by atoms with E-state index in [1.807, 2.05) is 6.26 Å². The van der Waals surface area contributed by atoms with Crippen LogP contribution in [0.2, 0.25) is 0 Å². The Hall–Kier alpha value is -3.13. The van der Waals surface area contributed by atoms with Gasteiger partial charge in [-0.1, -0.05) is 12.1 Å². The van der Waals surface area contributed by atoms with Crippen molar-refractivity contribution in [3.63, 3.8) is 0 Å². The maximum Gasteiger partial charge on any atom is 0.326 e. The highest BCUT2D eigenvalue weighted by molar-refractivity contribution is 8.13. The van der Waals surface area contributed by atoms with E-state index in [0.717, 1.165) is 11.1 Å². The summed E-state index contributed by atoms with van der Waals surface area (Å²) in [6, 6.07) is 12.0. The minimum atomic E-state index is -0.599. The number of hydrogen-bond acceptors (Lipinski definition) is 6. The Balaban J connectivity index is 1.66. The number of hydrogen-bond donors (Lipinski definition) is 2. The Bertz CT molecular complexity index is 1060. The van der Waals surface area contributed by atoms with E-state index >= 15 is 0 Å². The standard InChI is InChI=1S/C24H27N3O4S/c1-24(2,3)31-20(28)14-27-12-11-17-13-18(9-10-19(17)23(27)30)26-22(29)16-7-5-15(6-8-16)21(25)32-4/h5-10,13,25H,11-12,14H2,1-4H3,(H,26,29). The van der Waals surface area contributed by atoms with Crippen molar-refractivity contribution < 1.29 is 19.1 Å². The van der Waals surface area contributed by atoms with Gasteiger partial charge in [0.1, 0.15) is 12.1 Å². The first-order valence-corrected chi connectivity index (χ1v) is 11.5. The molecule has 2 amide bonds. The van der Waals surface area contributed by atoms with E-state index in [0.29, 0.717) is 34.8 Å². The SMILES string of the molecule is CSC(=N)c1ccc(C(=O)Nc2ccc3c(c2)CCN(CC(=O)OC(C)(C)C)C3=O)cc1. The average molecular weight is 454 g/mol. The molecule has 0 radical (unpaired) electrons. The second-order valence-corrected chi connectivity index (χ2v) is 9.32. The number of ether oxygens (including phenoxy) is 1. The molecule has 2 N–H and O–H groups in total. The molecule has 32 heavy (non-hydrogen) atoms. The van der Waals surface area contributed by atoms with Crippen molar-refractivity contribution in [3.8, 4) is 0 Å². The van der Waals surface area contributed by atoms with E-state index in [1.165, 1.54) is 16.7 Å². The van der Waals surface area contributed by atoms with E-state index in [2.05, 4.69) is 5.32 Å². The fourth-order valence-corrected chi connectivity index (χ4v) is 3.76. The highest BCUT2D eigenvalue weighted by atomic mass is 32.2. The van der Waals surface area contributed by atoms with Gasteiger partial charge in [0.05, 0.1) is 5.04 Å². The molecule has 0 unspecified atom stereocenters. The third-order valence-electron chi connectivity index (χ3n) is 4.89. The van der Waals surface area contributed by atoms with Gasteiger partial charge in [-0.25, -0.2) is 0 Å². The van der Waals surface area contributed by atoms with E-state index in [1.54, 1.807) is 63.2 Å². The zero-order valence-corrected chi connectivity index (χ0v) is 19.5. The van der Waals surface area contributed by atoms with Gasteiger partial charge in [0.25, 0.3) is 11.8 Å². The Morgan fingerprint density at radius 3 is 2.41 bits per heavy atom. The van der Waals surface area contributed by atoms with E-state index in [9.17, 15) is 14.4 Å². The quantitative estimate of drug-likeness (QED) is 0.405. The lowest BCUT2D eigenvalue weighted by atomic mass is 9.98. The Morgan fingerprint density at radius 1 is 1.12 bits per heavy atom. The minimum Gasteiger partial charge on any atom is -0.459 e. The molecule has 0 aromatic heterocycles. The molecule has 1 aliphatic rings. The molecular weight excluding hydrogens is 426 g/mol. The fourth-order valence-electron chi connectivity index (χ4n) is 3.39. The molecule has 0 spiro atoms. The maximum absolute atomic E-state index is 12.8. The fraction of sp³-hybridized carbons (Fsp3) is 0.333. The zero-order valence-electron chi connectivity index (χ0n) is 18.7. The smallest absolute Gasteiger partial charge is 0.326 e. The van der Waals surface area contributed by atoms with Gasteiger partial charge in [-0.05, 0) is 69.3 Å². The first kappa shape index (κ1) is 23.5. The number of carbonyl (C=O) groups is 3. The third kappa shape index (κ3) is 5.76. The average Bonchev–Trinajstić information content (AvgIpc) is 2.74. The lowest BCUT2D eigenvalue weighted by Gasteiger charge is -2.29. The van der Waals surface area contributed by atoms with Gasteiger partial charge < -0.3 is 15.0 Å². The highest BCUT2D eigenvalue weighted by Gasteiger charge is 2.28. The van der Waals surface area contributed by atoms with Crippen LogP contribution in [0, 0.1) is 5.41 Å². The number of carbonyl (C=O) groups excluding carboxylic acids is 3. The second kappa shape index (κ2) is 9.56. The Kier molecular flexibility index (Phi) is 7.03. The van der Waals surface area contributed by atoms with Gasteiger partial charge in [0.2, 0.25) is 0 Å². The monoisotopic (exact) mass is 453 g/mol. The van der Waals surface area contributed by atoms with Gasteiger partial charge in [0, 0.05) is 28.9 Å². The van der Waals surface area contributed by atoms with Crippen LogP contribution in [-0.2, 0) is 16.0 Å². The van der Waals surface area contributed by atoms with Crippen molar-refractivity contribution in [1.82, 2.24) is 4.90 Å². The summed E-state index contributed by atoms with van der Waals surface area (Å²) in [4.78, 5) is 39.0. The molecule has 7 nitrogen and oxygen atoms in total. The van der Waals surface area contributed by atoms with Crippen LogP contribution in [0.1, 0.15) is 52.6 Å². The Morgan fingerprint density at radius 2 is 1.78 bits per heavy atom. The number of esters is 1. The largest absolute Gasteiger partial charge is 0.459 e. The number of benzene rings is 2. The maximum atomic E-state index is 12.8. The Labute approximate surface area is 192 Å². The van der Waals surface area contributed by atoms with E-state index in [-0.39, 0.29) is 18.4 Å². The molecule has 0 saturated heterocycles. The van der Waals surface area contributed by atoms with E-state index < -0.39 is 11.6 Å². The number of anilines is 1. The summed E-state index contributed by atoms with van der Waals surface area (Å²) in [7, 11) is 0. The molecule has 3 rings (SSSR count). The molecule has 0 fully saturated rings. The van der Waals surface area contributed by atoms with Crippen LogP contribution in [0.15, 0.2) is 42.5 Å². The molecule has 0 atom stereocenters. The van der Waals surface area contributed by atoms with Gasteiger partial charge in [-0.3, -0.25) is 19.8 Å². The van der Waals surface area contributed by atoms with Gasteiger partial charge in [0.15, 0.2) is 0 Å². The first-order chi connectivity index (χ1) is 15.1. The first-order valence-electron chi connectivity index (χ1n) is 10.3. The van der Waals surface area contributed by atoms with Gasteiger partial charge in [-0.2, -0.15) is 0 Å². The van der Waals surface area contributed by atoms with Crippen LogP contribution in [0.25, 0.3) is 0 Å². The molecule has 2 aromatic carbocycles. The van der Waals surface area contributed by atoms with Crippen molar-refractivity contribution in [3.05, 3.63) is 64.7 Å². The summed E-state index contributed by atoms with van der Waals surface area (Å²) < 4.78 is 5.32. The van der Waals surface area contributed by atoms with Gasteiger partial charge in [-0.15, -0.1) is 11.8 Å². The summed E-state index contributed by atoms with van der Waals surface area (Å²) >= 11 is 1.34. The molecular formula is C24H27N3O4S. The number of nitrogens with one attached hydrogen (secondary N) is 2. The topological polar surface area (TPSA) is 99.6 Å². The van der Waals surface area contributed by atoms with Crippen molar-refractivity contribution in [2.45, 2.75) is 32.8 Å². The molecule has 0 aliphatic carbocycles. The van der Waals surface area contributed by atoms with Crippen LogP contribution >= 0.6 is 11.8 Å². The van der Waals surface area contributed by atoms with Crippen molar-refractivity contribution in [1.29, 1.82) is 5.41 Å². The summed E-state index contributed by atoms with van der Waals surface area (Å²) in [5, 5.41) is 11.1. The number of nitrogens with zero attached hydrogens (tertiary/aromatic N) is 1. The number of thioether (sulfide) groups is 1. The lowest BCUT2D eigenvalue weighted by molar-refractivity contribution is -0.155. The van der Waals surface area contributed by atoms with Crippen LogP contribution < -0.4 is 5.32 Å². The molecule has 0 bridgehead atoms. The van der Waals surface area contributed by atoms with Crippen molar-refractivity contribution in [2.75, 3.05) is 24.7 Å². The minimum absolute atomic E-state index is 0.0853. The summed E-state index contributed by atoms with van der Waals surface area (Å²) in [6.45, 7) is 5.69. The highest BCUT2D eigenvalue weighted by Crippen LogP contribution is 2.23. The molecule has 1 heterocycles. The molecule has 168 valence electrons. The second-order valence-electron chi connectivity index (χ2n) is 8.50. The molecule has 0 saturated carbocycles. The molecule has 8 heteroatoms. The predicted octanol–water partition coefficient (Wildman–Crippen LogP) is 3.97. The summed E-state index contributed by atoms with van der Waals surface area (Å²) in [5.41, 5.74) is 2.60. The number of fused-ring (bicyclic) bond motifs is 1. The predicted molar refractivity (Wildman–Crippen MR) is 127 cm³/mol. The van der Waals surface area contributed by atoms with Crippen molar-refractivity contribution >= 4 is 40.3 Å². The summed E-state index contributed by atoms with van der Waals surface area (Å²) in [6.07, 6.45) is 2.42. The zero-order chi connectivity index (χ0) is 23.5. The summed E-state index contributed by atoms with van der Waals surface area (Å²) in [5.74, 6) is -0.917. The normalized spacial score (nSPS) is 13.4. The lowest BCUT2D eigenvalue weighted by Crippen LogP contribution is -2.42. The number of amides is 2. The van der Waals surface area contributed by atoms with Crippen LogP contribution in [0.5, 0.6) is 0 Å². The van der Waals surface area contributed by atoms with Gasteiger partial charge >= 0.3 is 5.97 Å². The van der Waals surface area contributed by atoms with Crippen molar-refractivity contribution in [2.24, 2.45) is 0 Å². The van der Waals surface area contributed by atoms with Crippen LogP contribution in [0.4, 0.5) is 5.69 Å². The van der Waals surface area contributed by atoms with Crippen LogP contribution in [0.3, 0.4) is 0 Å². The molecule has 2 aromatic rings. The van der Waals surface area contributed by atoms with E-state index in [4.69, 9.17) is 10.1 Å². The number of rotatable bonds is 5. The van der Waals surface area contributed by atoms with Crippen LogP contribution in [-0.4, -0.2) is 52.7 Å².